The lowest BCUT2D eigenvalue weighted by atomic mass is 10.1. The molecule has 0 radical (unpaired) electrons. The molecule has 1 aliphatic heterocycles. The van der Waals surface area contributed by atoms with Crippen LogP contribution in [0.25, 0.3) is 11.4 Å². The zero-order valence-electron chi connectivity index (χ0n) is 17.6. The highest BCUT2D eigenvalue weighted by Crippen LogP contribution is 2.38. The zero-order chi connectivity index (χ0) is 23.0. The fourth-order valence-corrected chi connectivity index (χ4v) is 5.56. The number of amides is 1. The van der Waals surface area contributed by atoms with E-state index in [0.29, 0.717) is 30.6 Å². The first kappa shape index (κ1) is 22.0. The van der Waals surface area contributed by atoms with Crippen molar-refractivity contribution in [3.63, 3.8) is 0 Å². The van der Waals surface area contributed by atoms with Crippen LogP contribution in [0.2, 0.25) is 5.02 Å². The average Bonchev–Trinajstić information content (AvgIpc) is 3.56. The monoisotopic (exact) mass is 487 g/mol. The zero-order valence-corrected chi connectivity index (χ0v) is 19.2. The lowest BCUT2D eigenvalue weighted by Gasteiger charge is -2.26. The molecule has 2 N–H and O–H groups in total. The molecule has 1 aliphatic carbocycles. The Labute approximate surface area is 196 Å². The number of benzene rings is 2. The van der Waals surface area contributed by atoms with Crippen LogP contribution in [0.3, 0.4) is 0 Å². The van der Waals surface area contributed by atoms with Crippen LogP contribution in [0.5, 0.6) is 0 Å². The summed E-state index contributed by atoms with van der Waals surface area (Å²) < 4.78 is 32.6. The Morgan fingerprint density at radius 3 is 2.70 bits per heavy atom. The van der Waals surface area contributed by atoms with Crippen molar-refractivity contribution in [2.75, 3.05) is 31.6 Å². The number of aromatic amines is 1. The Bertz CT molecular complexity index is 1300. The highest BCUT2D eigenvalue weighted by atomic mass is 35.5. The van der Waals surface area contributed by atoms with Gasteiger partial charge in [-0.1, -0.05) is 23.7 Å². The minimum atomic E-state index is -3.84. The second kappa shape index (κ2) is 8.86. The van der Waals surface area contributed by atoms with Gasteiger partial charge in [0.2, 0.25) is 10.0 Å². The van der Waals surface area contributed by atoms with Gasteiger partial charge in [-0.25, -0.2) is 13.4 Å². The van der Waals surface area contributed by atoms with Crippen LogP contribution in [-0.2, 0) is 14.8 Å². The van der Waals surface area contributed by atoms with Crippen LogP contribution in [0.1, 0.15) is 34.9 Å². The van der Waals surface area contributed by atoms with Crippen molar-refractivity contribution in [1.82, 2.24) is 19.5 Å². The topological polar surface area (TPSA) is 117 Å². The number of carbonyl (C=O) groups is 1. The number of carbonyl (C=O) groups excluding carboxylic acids is 1. The van der Waals surface area contributed by atoms with E-state index in [1.807, 2.05) is 6.07 Å². The molecule has 1 amide bonds. The van der Waals surface area contributed by atoms with Crippen molar-refractivity contribution in [1.29, 1.82) is 0 Å². The maximum absolute atomic E-state index is 13.0. The van der Waals surface area contributed by atoms with E-state index in [1.165, 1.54) is 22.5 Å². The summed E-state index contributed by atoms with van der Waals surface area (Å²) in [6, 6.07) is 11.4. The van der Waals surface area contributed by atoms with Crippen LogP contribution in [0, 0.1) is 0 Å². The summed E-state index contributed by atoms with van der Waals surface area (Å²) >= 11 is 6.20. The van der Waals surface area contributed by atoms with E-state index in [1.54, 1.807) is 18.2 Å². The lowest BCUT2D eigenvalue weighted by Crippen LogP contribution is -2.40. The number of hydrogen-bond acceptors (Lipinski definition) is 6. The van der Waals surface area contributed by atoms with Gasteiger partial charge in [-0.05, 0) is 43.2 Å². The Kier molecular flexibility index (Phi) is 5.92. The van der Waals surface area contributed by atoms with Gasteiger partial charge in [0.15, 0.2) is 5.82 Å². The van der Waals surface area contributed by atoms with Crippen molar-refractivity contribution in [2.45, 2.75) is 23.7 Å². The van der Waals surface area contributed by atoms with Crippen LogP contribution in [-0.4, -0.2) is 60.1 Å². The molecule has 2 heterocycles. The van der Waals surface area contributed by atoms with E-state index in [0.717, 1.165) is 24.2 Å². The van der Waals surface area contributed by atoms with E-state index in [-0.39, 0.29) is 28.6 Å². The maximum atomic E-state index is 13.0. The Morgan fingerprint density at radius 2 is 1.94 bits per heavy atom. The second-order valence-electron chi connectivity index (χ2n) is 8.02. The summed E-state index contributed by atoms with van der Waals surface area (Å²) in [6.07, 6.45) is 2.24. The van der Waals surface area contributed by atoms with Crippen molar-refractivity contribution < 1.29 is 17.9 Å². The summed E-state index contributed by atoms with van der Waals surface area (Å²) in [5, 5.41) is 10.1. The van der Waals surface area contributed by atoms with Crippen molar-refractivity contribution in [3.05, 3.63) is 58.9 Å². The minimum absolute atomic E-state index is 0.0658. The molecule has 2 aliphatic rings. The number of hydrogen-bond donors (Lipinski definition) is 2. The van der Waals surface area contributed by atoms with E-state index in [9.17, 15) is 13.2 Å². The normalized spacial score (nSPS) is 17.1. The predicted octanol–water partition coefficient (Wildman–Crippen LogP) is 3.28. The van der Waals surface area contributed by atoms with Crippen LogP contribution >= 0.6 is 11.6 Å². The Morgan fingerprint density at radius 1 is 1.15 bits per heavy atom. The number of ether oxygens (including phenoxy) is 1. The van der Waals surface area contributed by atoms with Gasteiger partial charge in [0.25, 0.3) is 5.91 Å². The molecular formula is C22H22ClN5O4S. The number of H-pyrrole nitrogens is 1. The molecule has 2 fully saturated rings. The van der Waals surface area contributed by atoms with Crippen LogP contribution in [0.4, 0.5) is 5.69 Å². The second-order valence-corrected chi connectivity index (χ2v) is 10.3. The van der Waals surface area contributed by atoms with Gasteiger partial charge in [0.05, 0.1) is 18.2 Å². The molecule has 0 bridgehead atoms. The first-order chi connectivity index (χ1) is 15.9. The first-order valence-corrected chi connectivity index (χ1v) is 12.4. The molecule has 0 unspecified atom stereocenters. The predicted molar refractivity (Wildman–Crippen MR) is 123 cm³/mol. The standard InChI is InChI=1S/C22H22ClN5O4S/c23-18-7-6-16(13-19(18)33(30,31)28-8-10-32-11-9-28)22(29)24-17-3-1-2-15(12-17)21-25-20(26-27-21)14-4-5-14/h1-3,6-7,12-14H,4-5,8-11H2,(H,24,29)(H,25,26,27). The van der Waals surface area contributed by atoms with Crippen LogP contribution < -0.4 is 5.32 Å². The quantitative estimate of drug-likeness (QED) is 0.551. The summed E-state index contributed by atoms with van der Waals surface area (Å²) in [5.41, 5.74) is 1.50. The first-order valence-electron chi connectivity index (χ1n) is 10.6. The molecule has 2 aromatic carbocycles. The maximum Gasteiger partial charge on any atom is 0.255 e. The highest BCUT2D eigenvalue weighted by Gasteiger charge is 2.29. The SMILES string of the molecule is O=C(Nc1cccc(-c2n[nH]c(C3CC3)n2)c1)c1ccc(Cl)c(S(=O)(=O)N2CCOCC2)c1. The molecule has 11 heteroatoms. The lowest BCUT2D eigenvalue weighted by molar-refractivity contribution is 0.0730. The smallest absolute Gasteiger partial charge is 0.255 e. The van der Waals surface area contributed by atoms with E-state index >= 15 is 0 Å². The molecule has 0 atom stereocenters. The molecule has 5 rings (SSSR count). The summed E-state index contributed by atoms with van der Waals surface area (Å²) in [6.45, 7) is 1.12. The molecule has 3 aromatic rings. The third kappa shape index (κ3) is 4.65. The Balaban J connectivity index is 1.36. The van der Waals surface area contributed by atoms with Gasteiger partial charge < -0.3 is 10.1 Å². The molecule has 33 heavy (non-hydrogen) atoms. The molecule has 1 saturated carbocycles. The average molecular weight is 488 g/mol. The van der Waals surface area contributed by atoms with Gasteiger partial charge in [0.1, 0.15) is 10.7 Å². The number of anilines is 1. The van der Waals surface area contributed by atoms with E-state index in [4.69, 9.17) is 16.3 Å². The largest absolute Gasteiger partial charge is 0.379 e. The minimum Gasteiger partial charge on any atom is -0.379 e. The van der Waals surface area contributed by atoms with Gasteiger partial charge in [-0.2, -0.15) is 9.40 Å². The third-order valence-electron chi connectivity index (χ3n) is 5.63. The fraction of sp³-hybridized carbons (Fsp3) is 0.318. The molecule has 1 aromatic heterocycles. The van der Waals surface area contributed by atoms with Gasteiger partial charge >= 0.3 is 0 Å². The third-order valence-corrected chi connectivity index (χ3v) is 8.01. The van der Waals surface area contributed by atoms with E-state index in [2.05, 4.69) is 20.5 Å². The number of nitrogens with zero attached hydrogens (tertiary/aromatic N) is 3. The number of halogens is 1. The van der Waals surface area contributed by atoms with Crippen molar-refractivity contribution in [2.24, 2.45) is 0 Å². The van der Waals surface area contributed by atoms with Crippen LogP contribution in [0.15, 0.2) is 47.4 Å². The molecule has 1 saturated heterocycles. The molecule has 0 spiro atoms. The molecular weight excluding hydrogens is 466 g/mol. The Hall–Kier alpha value is -2.79. The number of aromatic nitrogens is 3. The van der Waals surface area contributed by atoms with Crippen molar-refractivity contribution >= 4 is 33.2 Å². The van der Waals surface area contributed by atoms with Gasteiger partial charge in [-0.15, -0.1) is 0 Å². The van der Waals surface area contributed by atoms with Crippen molar-refractivity contribution in [3.8, 4) is 11.4 Å². The van der Waals surface area contributed by atoms with E-state index < -0.39 is 15.9 Å². The fourth-order valence-electron chi connectivity index (χ4n) is 3.65. The number of sulfonamides is 1. The number of morpholine rings is 1. The van der Waals surface area contributed by atoms with Gasteiger partial charge in [-0.3, -0.25) is 9.89 Å². The molecule has 172 valence electrons. The molecule has 9 nitrogen and oxygen atoms in total. The number of nitrogens with one attached hydrogen (secondary N) is 2. The number of rotatable bonds is 6. The summed E-state index contributed by atoms with van der Waals surface area (Å²) in [7, 11) is -3.84. The summed E-state index contributed by atoms with van der Waals surface area (Å²) in [4.78, 5) is 17.4. The summed E-state index contributed by atoms with van der Waals surface area (Å²) in [5.74, 6) is 1.46. The highest BCUT2D eigenvalue weighted by molar-refractivity contribution is 7.89. The van der Waals surface area contributed by atoms with Gasteiger partial charge in [0, 0.05) is 35.8 Å².